The molecular formula is C20H29BN2O8. The molecule has 0 bridgehead atoms. The fourth-order valence-electron chi connectivity index (χ4n) is 3.36. The van der Waals surface area contributed by atoms with Crippen LogP contribution in [0.5, 0.6) is 11.5 Å². The van der Waals surface area contributed by atoms with E-state index in [1.807, 2.05) is 0 Å². The van der Waals surface area contributed by atoms with Gasteiger partial charge in [-0.15, -0.1) is 0 Å². The van der Waals surface area contributed by atoms with E-state index < -0.39 is 42.5 Å². The molecule has 1 aliphatic rings. The molecule has 1 saturated heterocycles. The molecule has 10 nitrogen and oxygen atoms in total. The number of hydrogen-bond acceptors (Lipinski definition) is 8. The third-order valence-corrected chi connectivity index (χ3v) is 5.34. The highest BCUT2D eigenvalue weighted by atomic mass is 16.5. The zero-order valence-electron chi connectivity index (χ0n) is 17.7. The Hall–Kier alpha value is -2.63. The number of carboxylic acids is 1. The molecule has 1 aromatic carbocycles. The zero-order valence-corrected chi connectivity index (χ0v) is 17.7. The molecule has 0 aromatic heterocycles. The molecule has 2 atom stereocenters. The molecule has 11 heteroatoms. The van der Waals surface area contributed by atoms with E-state index in [1.54, 1.807) is 13.8 Å². The minimum Gasteiger partial charge on any atom is -0.507 e. The molecule has 31 heavy (non-hydrogen) atoms. The molecule has 0 aliphatic carbocycles. The van der Waals surface area contributed by atoms with Crippen molar-refractivity contribution in [2.75, 3.05) is 13.1 Å². The van der Waals surface area contributed by atoms with Gasteiger partial charge < -0.3 is 35.6 Å². The Balaban J connectivity index is 1.98. The number of hydrogen-bond donors (Lipinski definition) is 5. The largest absolute Gasteiger partial charge is 0.507 e. The van der Waals surface area contributed by atoms with Crippen LogP contribution in [-0.2, 0) is 16.0 Å². The monoisotopic (exact) mass is 436 g/mol. The summed E-state index contributed by atoms with van der Waals surface area (Å²) in [6, 6.07) is 2.29. The molecule has 1 aliphatic heterocycles. The number of nitrogens with zero attached hydrogens (tertiary/aromatic N) is 1. The Labute approximate surface area is 180 Å². The van der Waals surface area contributed by atoms with Gasteiger partial charge >= 0.3 is 13.1 Å². The number of carbonyl (C=O) groups is 3. The standard InChI is InChI=1S/C20H29BN2O8/c1-3-14(22)15(24)8-11(2)19(26)23-9-13(10-23)31-16-5-4-12(6-7-21(29)30)18(25)17(16)20(27)28/h4-5,11,13-14,25,29-30H,3,6-10,22H2,1-2H3,(H,27,28)/t11?,14-/m1/s1. The number of aryl methyl sites for hydroxylation is 1. The van der Waals surface area contributed by atoms with Crippen LogP contribution in [0.4, 0.5) is 0 Å². The van der Waals surface area contributed by atoms with Crippen LogP contribution in [0.15, 0.2) is 12.1 Å². The van der Waals surface area contributed by atoms with Gasteiger partial charge in [0.2, 0.25) is 5.91 Å². The van der Waals surface area contributed by atoms with Gasteiger partial charge in [0.05, 0.1) is 19.1 Å². The van der Waals surface area contributed by atoms with Crippen molar-refractivity contribution in [3.8, 4) is 11.5 Å². The molecule has 1 heterocycles. The molecule has 1 fully saturated rings. The van der Waals surface area contributed by atoms with Crippen molar-refractivity contribution in [2.24, 2.45) is 11.7 Å². The average Bonchev–Trinajstić information content (AvgIpc) is 2.67. The van der Waals surface area contributed by atoms with Crippen molar-refractivity contribution >= 4 is 24.8 Å². The summed E-state index contributed by atoms with van der Waals surface area (Å²) >= 11 is 0. The predicted octanol–water partition coefficient (Wildman–Crippen LogP) is 0.0279. The normalized spacial score (nSPS) is 15.7. The number of rotatable bonds is 11. The fourth-order valence-corrected chi connectivity index (χ4v) is 3.36. The van der Waals surface area contributed by atoms with Crippen LogP contribution in [0.2, 0.25) is 6.32 Å². The van der Waals surface area contributed by atoms with E-state index in [9.17, 15) is 24.6 Å². The molecule has 170 valence electrons. The fraction of sp³-hybridized carbons (Fsp3) is 0.550. The second-order valence-electron chi connectivity index (χ2n) is 7.84. The predicted molar refractivity (Wildman–Crippen MR) is 112 cm³/mol. The average molecular weight is 436 g/mol. The van der Waals surface area contributed by atoms with Crippen LogP contribution in [-0.4, -0.2) is 75.2 Å². The number of benzene rings is 1. The number of Topliss-reactive ketones (excluding diaryl/α,β-unsaturated/α-hetero) is 1. The van der Waals surface area contributed by atoms with Gasteiger partial charge in [-0.25, -0.2) is 4.79 Å². The van der Waals surface area contributed by atoms with Crippen LogP contribution in [0.1, 0.15) is 42.6 Å². The summed E-state index contributed by atoms with van der Waals surface area (Å²) in [5.74, 6) is -2.77. The highest BCUT2D eigenvalue weighted by molar-refractivity contribution is 6.41. The minimum absolute atomic E-state index is 0.0347. The van der Waals surface area contributed by atoms with Crippen LogP contribution in [0.3, 0.4) is 0 Å². The lowest BCUT2D eigenvalue weighted by molar-refractivity contribution is -0.145. The summed E-state index contributed by atoms with van der Waals surface area (Å²) in [7, 11) is -1.57. The number of nitrogens with two attached hydrogens (primary N) is 1. The van der Waals surface area contributed by atoms with E-state index in [1.165, 1.54) is 17.0 Å². The van der Waals surface area contributed by atoms with Crippen LogP contribution in [0, 0.1) is 5.92 Å². The first-order valence-corrected chi connectivity index (χ1v) is 10.2. The Morgan fingerprint density at radius 2 is 1.94 bits per heavy atom. The van der Waals surface area contributed by atoms with Gasteiger partial charge in [-0.3, -0.25) is 9.59 Å². The summed E-state index contributed by atoms with van der Waals surface area (Å²) in [5, 5.41) is 37.7. The van der Waals surface area contributed by atoms with Crippen LogP contribution in [0.25, 0.3) is 0 Å². The summed E-state index contributed by atoms with van der Waals surface area (Å²) in [5.41, 5.74) is 5.54. The van der Waals surface area contributed by atoms with Crippen LogP contribution >= 0.6 is 0 Å². The van der Waals surface area contributed by atoms with E-state index in [-0.39, 0.29) is 55.3 Å². The number of aromatic hydroxyl groups is 1. The number of carboxylic acid groups (broad SMARTS) is 1. The van der Waals surface area contributed by atoms with E-state index in [0.717, 1.165) is 0 Å². The minimum atomic E-state index is -1.57. The zero-order chi connectivity index (χ0) is 23.3. The second kappa shape index (κ2) is 10.6. The van der Waals surface area contributed by atoms with Gasteiger partial charge in [-0.1, -0.05) is 19.9 Å². The maximum atomic E-state index is 12.5. The van der Waals surface area contributed by atoms with Gasteiger partial charge in [0.1, 0.15) is 28.9 Å². The molecule has 1 aromatic rings. The van der Waals surface area contributed by atoms with Crippen molar-refractivity contribution in [3.05, 3.63) is 23.3 Å². The van der Waals surface area contributed by atoms with Crippen molar-refractivity contribution in [1.82, 2.24) is 4.90 Å². The number of phenols is 1. The highest BCUT2D eigenvalue weighted by Gasteiger charge is 2.36. The number of amides is 1. The van der Waals surface area contributed by atoms with E-state index in [4.69, 9.17) is 20.5 Å². The van der Waals surface area contributed by atoms with Gasteiger partial charge in [-0.05, 0) is 30.8 Å². The van der Waals surface area contributed by atoms with Crippen molar-refractivity contribution < 1.29 is 39.4 Å². The van der Waals surface area contributed by atoms with Crippen molar-refractivity contribution in [1.29, 1.82) is 0 Å². The smallest absolute Gasteiger partial charge is 0.451 e. The first kappa shape index (κ1) is 24.6. The first-order chi connectivity index (χ1) is 14.5. The van der Waals surface area contributed by atoms with E-state index in [0.29, 0.717) is 6.42 Å². The molecule has 1 amide bonds. The molecule has 2 rings (SSSR count). The third kappa shape index (κ3) is 6.19. The summed E-state index contributed by atoms with van der Waals surface area (Å²) in [6.07, 6.45) is 0.145. The maximum Gasteiger partial charge on any atom is 0.451 e. The number of aromatic carboxylic acids is 1. The molecule has 0 spiro atoms. The number of carbonyl (C=O) groups excluding carboxylic acids is 2. The van der Waals surface area contributed by atoms with E-state index >= 15 is 0 Å². The molecule has 0 radical (unpaired) electrons. The van der Waals surface area contributed by atoms with Crippen molar-refractivity contribution in [2.45, 2.75) is 51.6 Å². The quantitative estimate of drug-likeness (QED) is 0.300. The Bertz CT molecular complexity index is 826. The lowest BCUT2D eigenvalue weighted by Crippen LogP contribution is -2.57. The molecular weight excluding hydrogens is 407 g/mol. The topological polar surface area (TPSA) is 171 Å². The maximum absolute atomic E-state index is 12.5. The third-order valence-electron chi connectivity index (χ3n) is 5.34. The first-order valence-electron chi connectivity index (χ1n) is 10.2. The molecule has 1 unspecified atom stereocenters. The van der Waals surface area contributed by atoms with E-state index in [2.05, 4.69) is 0 Å². The Morgan fingerprint density at radius 3 is 2.48 bits per heavy atom. The number of ether oxygens (including phenoxy) is 1. The van der Waals surface area contributed by atoms with Gasteiger partial charge in [0, 0.05) is 12.3 Å². The van der Waals surface area contributed by atoms with Gasteiger partial charge in [-0.2, -0.15) is 0 Å². The highest BCUT2D eigenvalue weighted by Crippen LogP contribution is 2.34. The summed E-state index contributed by atoms with van der Waals surface area (Å²) in [6.45, 7) is 3.93. The lowest BCUT2D eigenvalue weighted by atomic mass is 9.82. The Kier molecular flexibility index (Phi) is 8.43. The number of ketones is 1. The summed E-state index contributed by atoms with van der Waals surface area (Å²) < 4.78 is 5.68. The van der Waals surface area contributed by atoms with Gasteiger partial charge in [0.25, 0.3) is 0 Å². The Morgan fingerprint density at radius 1 is 1.29 bits per heavy atom. The van der Waals surface area contributed by atoms with Crippen molar-refractivity contribution in [3.63, 3.8) is 0 Å². The summed E-state index contributed by atoms with van der Waals surface area (Å²) in [4.78, 5) is 37.6. The molecule has 0 saturated carbocycles. The number of likely N-dealkylation sites (tertiary alicyclic amines) is 1. The van der Waals surface area contributed by atoms with Gasteiger partial charge in [0.15, 0.2) is 0 Å². The second-order valence-corrected chi connectivity index (χ2v) is 7.84. The lowest BCUT2D eigenvalue weighted by Gasteiger charge is -2.40. The van der Waals surface area contributed by atoms with Crippen LogP contribution < -0.4 is 10.5 Å². The molecule has 6 N–H and O–H groups in total. The SMILES string of the molecule is CC[C@@H](N)C(=O)CC(C)C(=O)N1CC(Oc2ccc(CCB(O)O)c(O)c2C(=O)O)C1.